The number of nitrogens with one attached hydrogen (secondary N) is 2. The van der Waals surface area contributed by atoms with Gasteiger partial charge in [-0.15, -0.1) is 0 Å². The van der Waals surface area contributed by atoms with E-state index in [-0.39, 0.29) is 12.5 Å². The van der Waals surface area contributed by atoms with Gasteiger partial charge in [0.1, 0.15) is 12.3 Å². The Labute approximate surface area is 177 Å². The van der Waals surface area contributed by atoms with Gasteiger partial charge in [0.2, 0.25) is 11.8 Å². The number of hydrogen-bond donors (Lipinski definition) is 2. The minimum atomic E-state index is -0.837. The van der Waals surface area contributed by atoms with Crippen molar-refractivity contribution >= 4 is 23.2 Å². The Kier molecular flexibility index (Phi) is 6.66. The molecular formula is C22H22N4O5. The van der Waals surface area contributed by atoms with Crippen LogP contribution >= 0.6 is 0 Å². The number of ether oxygens (including phenoxy) is 1. The highest BCUT2D eigenvalue weighted by Crippen LogP contribution is 2.20. The summed E-state index contributed by atoms with van der Waals surface area (Å²) < 4.78 is 7.75. The van der Waals surface area contributed by atoms with Gasteiger partial charge < -0.3 is 15.4 Å². The van der Waals surface area contributed by atoms with Crippen molar-refractivity contribution in [3.05, 3.63) is 81.6 Å². The second kappa shape index (κ2) is 9.57. The van der Waals surface area contributed by atoms with Crippen molar-refractivity contribution in [2.45, 2.75) is 20.4 Å². The molecule has 0 saturated carbocycles. The summed E-state index contributed by atoms with van der Waals surface area (Å²) in [4.78, 5) is 48.7. The average molecular weight is 422 g/mol. The third kappa shape index (κ3) is 5.27. The van der Waals surface area contributed by atoms with Crippen LogP contribution in [0.3, 0.4) is 0 Å². The van der Waals surface area contributed by atoms with Gasteiger partial charge in [0.15, 0.2) is 0 Å². The first-order chi connectivity index (χ1) is 14.9. The lowest BCUT2D eigenvalue weighted by Gasteiger charge is -2.13. The summed E-state index contributed by atoms with van der Waals surface area (Å²) >= 11 is 0. The Balaban J connectivity index is 1.80. The number of aromatic nitrogens is 2. The highest BCUT2D eigenvalue weighted by Gasteiger charge is 2.13. The number of anilines is 2. The van der Waals surface area contributed by atoms with Gasteiger partial charge in [-0.3, -0.25) is 28.3 Å². The van der Waals surface area contributed by atoms with Crippen LogP contribution in [0, 0.1) is 0 Å². The Hall–Kier alpha value is -4.14. The quantitative estimate of drug-likeness (QED) is 0.566. The summed E-state index contributed by atoms with van der Waals surface area (Å²) in [5.74, 6) is -0.253. The zero-order valence-electron chi connectivity index (χ0n) is 17.1. The average Bonchev–Trinajstić information content (AvgIpc) is 2.72. The smallest absolute Gasteiger partial charge is 0.321 e. The molecule has 0 atom stereocenters. The number of hydrogen-bond acceptors (Lipinski definition) is 5. The van der Waals surface area contributed by atoms with Crippen molar-refractivity contribution in [3.63, 3.8) is 0 Å². The summed E-state index contributed by atoms with van der Waals surface area (Å²) in [7, 11) is 0. The molecule has 0 aliphatic heterocycles. The molecular weight excluding hydrogens is 400 g/mol. The maximum atomic E-state index is 12.6. The predicted octanol–water partition coefficient (Wildman–Crippen LogP) is 1.99. The molecule has 2 aromatic carbocycles. The Bertz CT molecular complexity index is 1230. The van der Waals surface area contributed by atoms with Crippen LogP contribution in [0.25, 0.3) is 5.69 Å². The second-order valence-electron chi connectivity index (χ2n) is 6.62. The normalized spacial score (nSPS) is 10.4. The number of nitrogens with zero attached hydrogens (tertiary/aromatic N) is 2. The SMILES string of the molecule is CCOc1ccccc1-n1ccn(CC(=O)Nc2cccc(NC(C)=O)c2)c(=O)c1=O. The van der Waals surface area contributed by atoms with Gasteiger partial charge >= 0.3 is 11.1 Å². The molecule has 0 radical (unpaired) electrons. The molecule has 9 heteroatoms. The third-order valence-electron chi connectivity index (χ3n) is 4.26. The first kappa shape index (κ1) is 21.6. The maximum Gasteiger partial charge on any atom is 0.321 e. The molecule has 3 aromatic rings. The van der Waals surface area contributed by atoms with Crippen LogP contribution in [0.4, 0.5) is 11.4 Å². The molecule has 0 saturated heterocycles. The van der Waals surface area contributed by atoms with Gasteiger partial charge in [-0.25, -0.2) is 0 Å². The van der Waals surface area contributed by atoms with Crippen LogP contribution < -0.4 is 26.5 Å². The molecule has 1 heterocycles. The van der Waals surface area contributed by atoms with Crippen molar-refractivity contribution in [2.24, 2.45) is 0 Å². The number of benzene rings is 2. The van der Waals surface area contributed by atoms with Crippen LogP contribution in [0.1, 0.15) is 13.8 Å². The van der Waals surface area contributed by atoms with E-state index in [0.717, 1.165) is 4.57 Å². The van der Waals surface area contributed by atoms with Crippen molar-refractivity contribution in [3.8, 4) is 11.4 Å². The topological polar surface area (TPSA) is 111 Å². The van der Waals surface area contributed by atoms with Gasteiger partial charge in [-0.05, 0) is 37.3 Å². The lowest BCUT2D eigenvalue weighted by molar-refractivity contribution is -0.117. The van der Waals surface area contributed by atoms with E-state index in [1.165, 1.54) is 23.9 Å². The van der Waals surface area contributed by atoms with Crippen LogP contribution in [0.15, 0.2) is 70.5 Å². The van der Waals surface area contributed by atoms with Crippen LogP contribution in [0.2, 0.25) is 0 Å². The molecule has 0 spiro atoms. The van der Waals surface area contributed by atoms with Gasteiger partial charge in [-0.1, -0.05) is 18.2 Å². The molecule has 0 unspecified atom stereocenters. The summed E-state index contributed by atoms with van der Waals surface area (Å²) in [6.07, 6.45) is 2.80. The van der Waals surface area contributed by atoms with E-state index >= 15 is 0 Å². The van der Waals surface area contributed by atoms with Gasteiger partial charge in [0.25, 0.3) is 0 Å². The van der Waals surface area contributed by atoms with Crippen LogP contribution in [0.5, 0.6) is 5.75 Å². The van der Waals surface area contributed by atoms with Crippen molar-refractivity contribution < 1.29 is 14.3 Å². The largest absolute Gasteiger partial charge is 0.492 e. The lowest BCUT2D eigenvalue weighted by Crippen LogP contribution is -2.41. The van der Waals surface area contributed by atoms with E-state index < -0.39 is 17.0 Å². The zero-order valence-corrected chi connectivity index (χ0v) is 17.1. The number of carbonyl (C=O) groups excluding carboxylic acids is 2. The summed E-state index contributed by atoms with van der Waals surface area (Å²) in [6, 6.07) is 13.5. The van der Waals surface area contributed by atoms with Crippen molar-refractivity contribution in [1.29, 1.82) is 0 Å². The summed E-state index contributed by atoms with van der Waals surface area (Å²) in [5.41, 5.74) is -0.217. The highest BCUT2D eigenvalue weighted by atomic mass is 16.5. The molecule has 9 nitrogen and oxygen atoms in total. The van der Waals surface area contributed by atoms with E-state index in [1.807, 2.05) is 6.92 Å². The minimum Gasteiger partial charge on any atom is -0.492 e. The van der Waals surface area contributed by atoms with E-state index in [1.54, 1.807) is 48.5 Å². The summed E-state index contributed by atoms with van der Waals surface area (Å²) in [5, 5.41) is 5.26. The van der Waals surface area contributed by atoms with E-state index in [9.17, 15) is 19.2 Å². The van der Waals surface area contributed by atoms with Gasteiger partial charge in [0.05, 0.1) is 12.3 Å². The maximum absolute atomic E-state index is 12.6. The number of carbonyl (C=O) groups is 2. The Morgan fingerprint density at radius 3 is 2.35 bits per heavy atom. The van der Waals surface area contributed by atoms with Gasteiger partial charge in [0, 0.05) is 30.7 Å². The first-order valence-electron chi connectivity index (χ1n) is 9.61. The number of para-hydroxylation sites is 2. The second-order valence-corrected chi connectivity index (χ2v) is 6.62. The molecule has 1 aromatic heterocycles. The molecule has 2 amide bonds. The number of amides is 2. The molecule has 0 aliphatic rings. The van der Waals surface area contributed by atoms with Crippen molar-refractivity contribution in [1.82, 2.24) is 9.13 Å². The molecule has 2 N–H and O–H groups in total. The Morgan fingerprint density at radius 2 is 1.65 bits per heavy atom. The van der Waals surface area contributed by atoms with E-state index in [2.05, 4.69) is 10.6 Å². The number of rotatable bonds is 7. The highest BCUT2D eigenvalue weighted by molar-refractivity contribution is 5.93. The molecule has 0 fully saturated rings. The van der Waals surface area contributed by atoms with Crippen LogP contribution in [-0.2, 0) is 16.1 Å². The predicted molar refractivity (Wildman–Crippen MR) is 117 cm³/mol. The van der Waals surface area contributed by atoms with Gasteiger partial charge in [-0.2, -0.15) is 0 Å². The fourth-order valence-electron chi connectivity index (χ4n) is 2.99. The van der Waals surface area contributed by atoms with Crippen molar-refractivity contribution in [2.75, 3.05) is 17.2 Å². The first-order valence-corrected chi connectivity index (χ1v) is 9.61. The fraction of sp³-hybridized carbons (Fsp3) is 0.182. The standard InChI is InChI=1S/C22H22N4O5/c1-3-31-19-10-5-4-9-18(19)26-12-11-25(21(29)22(26)30)14-20(28)24-17-8-6-7-16(13-17)23-15(2)27/h4-13H,3,14H2,1-2H3,(H,23,27)(H,24,28). The lowest BCUT2D eigenvalue weighted by atomic mass is 10.2. The molecule has 31 heavy (non-hydrogen) atoms. The van der Waals surface area contributed by atoms with E-state index in [4.69, 9.17) is 4.74 Å². The fourth-order valence-corrected chi connectivity index (χ4v) is 2.99. The molecule has 0 bridgehead atoms. The Morgan fingerprint density at radius 1 is 0.935 bits per heavy atom. The third-order valence-corrected chi connectivity index (χ3v) is 4.26. The molecule has 0 aliphatic carbocycles. The van der Waals surface area contributed by atoms with E-state index in [0.29, 0.717) is 29.4 Å². The monoisotopic (exact) mass is 422 g/mol. The molecule has 160 valence electrons. The van der Waals surface area contributed by atoms with Crippen LogP contribution in [-0.4, -0.2) is 27.6 Å². The molecule has 3 rings (SSSR count). The minimum absolute atomic E-state index is 0.235. The zero-order chi connectivity index (χ0) is 22.4. The summed E-state index contributed by atoms with van der Waals surface area (Å²) in [6.45, 7) is 3.27.